The molecule has 0 aliphatic heterocycles. The van der Waals surface area contributed by atoms with E-state index in [4.69, 9.17) is 4.74 Å². The fourth-order valence-electron chi connectivity index (χ4n) is 2.89. The Labute approximate surface area is 177 Å². The molecular formula is C22H19N5O2S. The number of tetrazole rings is 1. The zero-order chi connectivity index (χ0) is 20.8. The summed E-state index contributed by atoms with van der Waals surface area (Å²) in [5.74, 6) is 0.732. The van der Waals surface area contributed by atoms with Crippen molar-refractivity contribution in [1.29, 1.82) is 0 Å². The molecule has 1 N–H and O–H groups in total. The number of rotatable bonds is 7. The fourth-order valence-corrected chi connectivity index (χ4v) is 3.54. The van der Waals surface area contributed by atoms with Crippen molar-refractivity contribution in [3.05, 3.63) is 77.0 Å². The molecule has 2 aromatic heterocycles. The number of nitrogens with zero attached hydrogens (tertiary/aromatic N) is 4. The molecule has 0 saturated carbocycles. The number of carbonyl (C=O) groups excluding carboxylic acids is 1. The Balaban J connectivity index is 1.74. The molecule has 0 spiro atoms. The lowest BCUT2D eigenvalue weighted by Gasteiger charge is -2.13. The van der Waals surface area contributed by atoms with E-state index in [1.807, 2.05) is 73.0 Å². The number of thiophene rings is 1. The second-order valence-corrected chi connectivity index (χ2v) is 7.19. The Hall–Kier alpha value is -3.78. The first-order valence-corrected chi connectivity index (χ1v) is 10.3. The summed E-state index contributed by atoms with van der Waals surface area (Å²) < 4.78 is 7.08. The summed E-state index contributed by atoms with van der Waals surface area (Å²) in [6, 6.07) is 20.7. The zero-order valence-corrected chi connectivity index (χ0v) is 17.0. The number of carbonyl (C=O) groups is 1. The Bertz CT molecular complexity index is 1150. The lowest BCUT2D eigenvalue weighted by Crippen LogP contribution is -2.19. The molecule has 150 valence electrons. The van der Waals surface area contributed by atoms with E-state index >= 15 is 0 Å². The lowest BCUT2D eigenvalue weighted by atomic mass is 10.2. The number of aromatic nitrogens is 4. The van der Waals surface area contributed by atoms with Gasteiger partial charge in [-0.1, -0.05) is 48.5 Å². The SMILES string of the molecule is CCOc1ccccc1NC(=O)/C(=C/c1cccs1)n1nnnc1-c1ccccc1. The molecule has 0 unspecified atom stereocenters. The highest BCUT2D eigenvalue weighted by atomic mass is 32.1. The van der Waals surface area contributed by atoms with Crippen LogP contribution in [-0.4, -0.2) is 32.7 Å². The first-order chi connectivity index (χ1) is 14.8. The van der Waals surface area contributed by atoms with Gasteiger partial charge in [-0.3, -0.25) is 4.79 Å². The molecule has 2 heterocycles. The minimum atomic E-state index is -0.347. The van der Waals surface area contributed by atoms with Crippen LogP contribution in [0.1, 0.15) is 11.8 Å². The smallest absolute Gasteiger partial charge is 0.274 e. The van der Waals surface area contributed by atoms with Crippen LogP contribution in [0.4, 0.5) is 5.69 Å². The van der Waals surface area contributed by atoms with E-state index < -0.39 is 0 Å². The Kier molecular flexibility index (Phi) is 5.95. The Morgan fingerprint density at radius 2 is 1.90 bits per heavy atom. The minimum Gasteiger partial charge on any atom is -0.492 e. The number of ether oxygens (including phenoxy) is 1. The molecule has 7 nitrogen and oxygen atoms in total. The number of nitrogens with one attached hydrogen (secondary N) is 1. The van der Waals surface area contributed by atoms with Gasteiger partial charge in [-0.05, 0) is 47.0 Å². The molecule has 0 bridgehead atoms. The molecule has 0 atom stereocenters. The van der Waals surface area contributed by atoms with Crippen molar-refractivity contribution in [1.82, 2.24) is 20.2 Å². The van der Waals surface area contributed by atoms with Gasteiger partial charge in [0.2, 0.25) is 0 Å². The number of hydrogen-bond acceptors (Lipinski definition) is 6. The van der Waals surface area contributed by atoms with Crippen LogP contribution in [0, 0.1) is 0 Å². The molecule has 2 aromatic carbocycles. The Morgan fingerprint density at radius 3 is 2.67 bits per heavy atom. The van der Waals surface area contributed by atoms with Gasteiger partial charge < -0.3 is 10.1 Å². The van der Waals surface area contributed by atoms with Gasteiger partial charge in [0.05, 0.1) is 12.3 Å². The summed E-state index contributed by atoms with van der Waals surface area (Å²) in [7, 11) is 0. The van der Waals surface area contributed by atoms with Crippen molar-refractivity contribution < 1.29 is 9.53 Å². The van der Waals surface area contributed by atoms with Crippen molar-refractivity contribution in [2.45, 2.75) is 6.92 Å². The maximum Gasteiger partial charge on any atom is 0.274 e. The fraction of sp³-hybridized carbons (Fsp3) is 0.0909. The van der Waals surface area contributed by atoms with Crippen molar-refractivity contribution in [2.75, 3.05) is 11.9 Å². The highest BCUT2D eigenvalue weighted by Crippen LogP contribution is 2.27. The highest BCUT2D eigenvalue weighted by Gasteiger charge is 2.20. The van der Waals surface area contributed by atoms with Crippen LogP contribution in [0.15, 0.2) is 72.1 Å². The maximum atomic E-state index is 13.3. The predicted molar refractivity (Wildman–Crippen MR) is 118 cm³/mol. The van der Waals surface area contributed by atoms with Gasteiger partial charge in [0.25, 0.3) is 5.91 Å². The topological polar surface area (TPSA) is 81.9 Å². The van der Waals surface area contributed by atoms with Crippen LogP contribution in [-0.2, 0) is 4.79 Å². The summed E-state index contributed by atoms with van der Waals surface area (Å²) in [4.78, 5) is 14.2. The van der Waals surface area contributed by atoms with Gasteiger partial charge in [-0.15, -0.1) is 16.4 Å². The maximum absolute atomic E-state index is 13.3. The second kappa shape index (κ2) is 9.15. The molecule has 0 aliphatic rings. The summed E-state index contributed by atoms with van der Waals surface area (Å²) in [5, 5.41) is 16.9. The average molecular weight is 417 g/mol. The van der Waals surface area contributed by atoms with Gasteiger partial charge in [-0.2, -0.15) is 4.68 Å². The summed E-state index contributed by atoms with van der Waals surface area (Å²) >= 11 is 1.52. The second-order valence-electron chi connectivity index (χ2n) is 6.21. The number of anilines is 1. The van der Waals surface area contributed by atoms with Crippen LogP contribution >= 0.6 is 11.3 Å². The van der Waals surface area contributed by atoms with Crippen molar-refractivity contribution >= 4 is 34.7 Å². The number of amides is 1. The van der Waals surface area contributed by atoms with Gasteiger partial charge >= 0.3 is 0 Å². The summed E-state index contributed by atoms with van der Waals surface area (Å²) in [5.41, 5.74) is 1.69. The normalized spacial score (nSPS) is 11.3. The molecule has 1 amide bonds. The van der Waals surface area contributed by atoms with Gasteiger partial charge in [0, 0.05) is 10.4 Å². The van der Waals surface area contributed by atoms with Crippen LogP contribution in [0.5, 0.6) is 5.75 Å². The zero-order valence-electron chi connectivity index (χ0n) is 16.2. The van der Waals surface area contributed by atoms with Gasteiger partial charge in [0.15, 0.2) is 5.82 Å². The van der Waals surface area contributed by atoms with Crippen LogP contribution < -0.4 is 10.1 Å². The summed E-state index contributed by atoms with van der Waals surface area (Å²) in [6.07, 6.45) is 1.77. The molecule has 0 fully saturated rings. The van der Waals surface area contributed by atoms with E-state index in [0.29, 0.717) is 29.6 Å². The van der Waals surface area contributed by atoms with E-state index in [9.17, 15) is 4.79 Å². The summed E-state index contributed by atoms with van der Waals surface area (Å²) in [6.45, 7) is 2.39. The first-order valence-electron chi connectivity index (χ1n) is 9.39. The van der Waals surface area contributed by atoms with E-state index in [1.165, 1.54) is 16.0 Å². The van der Waals surface area contributed by atoms with Gasteiger partial charge in [0.1, 0.15) is 11.4 Å². The van der Waals surface area contributed by atoms with Crippen LogP contribution in [0.2, 0.25) is 0 Å². The molecule has 8 heteroatoms. The first kappa shape index (κ1) is 19.5. The standard InChI is InChI=1S/C22H19N5O2S/c1-2-29-20-13-7-6-12-18(20)23-22(28)19(15-17-11-8-14-30-17)27-21(24-25-26-27)16-9-4-3-5-10-16/h3-15H,2H2,1H3,(H,23,28)/b19-15-. The average Bonchev–Trinajstić information content (AvgIpc) is 3.46. The van der Waals surface area contributed by atoms with Crippen LogP contribution in [0.3, 0.4) is 0 Å². The van der Waals surface area contributed by atoms with E-state index in [-0.39, 0.29) is 5.91 Å². The number of benzene rings is 2. The van der Waals surface area contributed by atoms with E-state index in [1.54, 1.807) is 12.1 Å². The number of hydrogen-bond donors (Lipinski definition) is 1. The molecule has 4 rings (SSSR count). The molecule has 4 aromatic rings. The lowest BCUT2D eigenvalue weighted by molar-refractivity contribution is -0.111. The quantitative estimate of drug-likeness (QED) is 0.450. The highest BCUT2D eigenvalue weighted by molar-refractivity contribution is 7.10. The third kappa shape index (κ3) is 4.28. The van der Waals surface area contributed by atoms with E-state index in [2.05, 4.69) is 20.8 Å². The van der Waals surface area contributed by atoms with Gasteiger partial charge in [-0.25, -0.2) is 0 Å². The number of para-hydroxylation sites is 2. The molecular weight excluding hydrogens is 398 g/mol. The monoisotopic (exact) mass is 417 g/mol. The van der Waals surface area contributed by atoms with Crippen molar-refractivity contribution in [3.63, 3.8) is 0 Å². The molecule has 0 radical (unpaired) electrons. The largest absolute Gasteiger partial charge is 0.492 e. The van der Waals surface area contributed by atoms with Crippen LogP contribution in [0.25, 0.3) is 23.2 Å². The van der Waals surface area contributed by atoms with Crippen molar-refractivity contribution in [2.24, 2.45) is 0 Å². The minimum absolute atomic E-state index is 0.299. The third-order valence-electron chi connectivity index (χ3n) is 4.22. The van der Waals surface area contributed by atoms with Crippen molar-refractivity contribution in [3.8, 4) is 17.1 Å². The van der Waals surface area contributed by atoms with E-state index in [0.717, 1.165) is 10.4 Å². The Morgan fingerprint density at radius 1 is 1.10 bits per heavy atom. The third-order valence-corrected chi connectivity index (χ3v) is 5.04. The predicted octanol–water partition coefficient (Wildman–Crippen LogP) is 4.44. The molecule has 0 aliphatic carbocycles. The molecule has 0 saturated heterocycles. The molecule has 30 heavy (non-hydrogen) atoms.